The van der Waals surface area contributed by atoms with Gasteiger partial charge in [0.2, 0.25) is 0 Å². The Morgan fingerprint density at radius 3 is 0.829 bits per heavy atom. The first-order valence-corrected chi connectivity index (χ1v) is 15.2. The van der Waals surface area contributed by atoms with Crippen molar-refractivity contribution in [2.45, 2.75) is 107 Å². The Morgan fingerprint density at radius 2 is 0.610 bits per heavy atom. The molecule has 0 atom stereocenters. The molecule has 4 aromatic carbocycles. The van der Waals surface area contributed by atoms with Gasteiger partial charge in [-0.15, -0.1) is 0 Å². The Morgan fingerprint density at radius 1 is 0.366 bits per heavy atom. The van der Waals surface area contributed by atoms with Gasteiger partial charge >= 0.3 is 0 Å². The molecule has 1 heteroatoms. The summed E-state index contributed by atoms with van der Waals surface area (Å²) in [5.41, 5.74) is 10.4. The van der Waals surface area contributed by atoms with Crippen molar-refractivity contribution in [3.05, 3.63) is 136 Å². The molecule has 222 valence electrons. The monoisotopic (exact) mass is 552 g/mol. The number of benzene rings is 4. The third kappa shape index (κ3) is 14.2. The Labute approximate surface area is 252 Å². The molecule has 0 unspecified atom stereocenters. The third-order valence-corrected chi connectivity index (χ3v) is 7.13. The van der Waals surface area contributed by atoms with Crippen LogP contribution in [0.2, 0.25) is 0 Å². The van der Waals surface area contributed by atoms with Crippen LogP contribution in [0, 0.1) is 27.7 Å². The predicted octanol–water partition coefficient (Wildman–Crippen LogP) is 12.2. The SMILES string of the molecule is Cc1ccc(C(C)C)cc1.Cc1ccc(C(C)C)cc1.Cc1ccc(C(C)C)cc1.Cc1ccc(C(C)C)cc1O. The Kier molecular flexibility index (Phi) is 15.8. The summed E-state index contributed by atoms with van der Waals surface area (Å²) in [7, 11) is 0. The van der Waals surface area contributed by atoms with E-state index in [1.54, 1.807) is 0 Å². The maximum absolute atomic E-state index is 9.35. The van der Waals surface area contributed by atoms with Crippen molar-refractivity contribution >= 4 is 0 Å². The summed E-state index contributed by atoms with van der Waals surface area (Å²) in [6, 6.07) is 32.0. The van der Waals surface area contributed by atoms with Crippen LogP contribution in [0.3, 0.4) is 0 Å². The van der Waals surface area contributed by atoms with Gasteiger partial charge in [-0.25, -0.2) is 0 Å². The fourth-order valence-corrected chi connectivity index (χ4v) is 3.84. The fraction of sp³-hybridized carbons (Fsp3) is 0.400. The summed E-state index contributed by atoms with van der Waals surface area (Å²) in [6.07, 6.45) is 0. The van der Waals surface area contributed by atoms with Crippen molar-refractivity contribution in [1.82, 2.24) is 0 Å². The molecule has 4 aromatic rings. The summed E-state index contributed by atoms with van der Waals surface area (Å²) in [5.74, 6) is 2.85. The van der Waals surface area contributed by atoms with Crippen molar-refractivity contribution in [2.24, 2.45) is 0 Å². The van der Waals surface area contributed by atoms with Gasteiger partial charge in [-0.05, 0) is 85.3 Å². The molecule has 0 amide bonds. The van der Waals surface area contributed by atoms with Gasteiger partial charge in [0.25, 0.3) is 0 Å². The van der Waals surface area contributed by atoms with E-state index in [2.05, 4.69) is 155 Å². The first-order chi connectivity index (χ1) is 19.2. The van der Waals surface area contributed by atoms with Crippen molar-refractivity contribution in [3.63, 3.8) is 0 Å². The maximum Gasteiger partial charge on any atom is 0.118 e. The highest BCUT2D eigenvalue weighted by Crippen LogP contribution is 2.22. The number of aromatic hydroxyl groups is 1. The lowest BCUT2D eigenvalue weighted by atomic mass is 10.0. The van der Waals surface area contributed by atoms with Crippen LogP contribution in [0.5, 0.6) is 5.75 Å². The first-order valence-electron chi connectivity index (χ1n) is 15.2. The normalized spacial score (nSPS) is 10.4. The molecule has 4 rings (SSSR count). The van der Waals surface area contributed by atoms with E-state index in [0.717, 1.165) is 5.56 Å². The van der Waals surface area contributed by atoms with E-state index in [4.69, 9.17) is 0 Å². The molecule has 0 aliphatic heterocycles. The second-order valence-corrected chi connectivity index (χ2v) is 12.4. The van der Waals surface area contributed by atoms with Gasteiger partial charge in [0.15, 0.2) is 0 Å². The highest BCUT2D eigenvalue weighted by Gasteiger charge is 2.01. The van der Waals surface area contributed by atoms with Gasteiger partial charge in [-0.1, -0.05) is 157 Å². The van der Waals surface area contributed by atoms with Crippen LogP contribution in [-0.4, -0.2) is 5.11 Å². The third-order valence-electron chi connectivity index (χ3n) is 7.13. The second kappa shape index (κ2) is 18.2. The zero-order chi connectivity index (χ0) is 31.1. The van der Waals surface area contributed by atoms with Crippen molar-refractivity contribution < 1.29 is 5.11 Å². The summed E-state index contributed by atoms with van der Waals surface area (Å²) in [4.78, 5) is 0. The van der Waals surface area contributed by atoms with Gasteiger partial charge in [-0.3, -0.25) is 0 Å². The highest BCUT2D eigenvalue weighted by molar-refractivity contribution is 5.36. The number of hydrogen-bond donors (Lipinski definition) is 1. The lowest BCUT2D eigenvalue weighted by molar-refractivity contribution is 0.470. The largest absolute Gasteiger partial charge is 0.508 e. The van der Waals surface area contributed by atoms with Crippen molar-refractivity contribution in [1.29, 1.82) is 0 Å². The van der Waals surface area contributed by atoms with Crippen molar-refractivity contribution in [3.8, 4) is 5.75 Å². The molecule has 0 saturated heterocycles. The zero-order valence-electron chi connectivity index (χ0n) is 27.9. The molecule has 0 fully saturated rings. The van der Waals surface area contributed by atoms with Crippen LogP contribution >= 0.6 is 0 Å². The van der Waals surface area contributed by atoms with Crippen LogP contribution < -0.4 is 0 Å². The van der Waals surface area contributed by atoms with Crippen molar-refractivity contribution in [2.75, 3.05) is 0 Å². The van der Waals surface area contributed by atoms with Gasteiger partial charge in [0, 0.05) is 0 Å². The quantitative estimate of drug-likeness (QED) is 0.267. The van der Waals surface area contributed by atoms with E-state index in [-0.39, 0.29) is 0 Å². The molecule has 0 aromatic heterocycles. The van der Waals surface area contributed by atoms with E-state index < -0.39 is 0 Å². The van der Waals surface area contributed by atoms with E-state index >= 15 is 0 Å². The molecule has 41 heavy (non-hydrogen) atoms. The molecular weight excluding hydrogens is 496 g/mol. The van der Waals surface area contributed by atoms with E-state index in [0.29, 0.717) is 29.4 Å². The number of hydrogen-bond acceptors (Lipinski definition) is 1. The number of phenolic OH excluding ortho intramolecular Hbond substituents is 1. The molecule has 1 N–H and O–H groups in total. The molecule has 0 aliphatic carbocycles. The summed E-state index contributed by atoms with van der Waals surface area (Å²) in [5, 5.41) is 9.35. The van der Waals surface area contributed by atoms with Crippen LogP contribution in [0.25, 0.3) is 0 Å². The maximum atomic E-state index is 9.35. The molecule has 0 aliphatic rings. The topological polar surface area (TPSA) is 20.2 Å². The summed E-state index contributed by atoms with van der Waals surface area (Å²) < 4.78 is 0. The number of phenols is 1. The van der Waals surface area contributed by atoms with Crippen LogP contribution in [0.1, 0.15) is 124 Å². The zero-order valence-corrected chi connectivity index (χ0v) is 27.9. The molecule has 0 radical (unpaired) electrons. The lowest BCUT2D eigenvalue weighted by Crippen LogP contribution is -1.86. The number of rotatable bonds is 4. The predicted molar refractivity (Wildman–Crippen MR) is 183 cm³/mol. The minimum absolute atomic E-state index is 0.399. The first kappa shape index (κ1) is 35.7. The van der Waals surface area contributed by atoms with Gasteiger partial charge in [-0.2, -0.15) is 0 Å². The van der Waals surface area contributed by atoms with Crippen LogP contribution in [0.4, 0.5) is 0 Å². The minimum atomic E-state index is 0.399. The molecular formula is C40H56O. The molecule has 0 saturated carbocycles. The Hall–Kier alpha value is -3.32. The van der Waals surface area contributed by atoms with E-state index in [1.165, 1.54) is 38.9 Å². The highest BCUT2D eigenvalue weighted by atomic mass is 16.3. The molecule has 0 spiro atoms. The lowest BCUT2D eigenvalue weighted by Gasteiger charge is -2.06. The minimum Gasteiger partial charge on any atom is -0.508 e. The van der Waals surface area contributed by atoms with E-state index in [1.807, 2.05) is 19.1 Å². The summed E-state index contributed by atoms with van der Waals surface area (Å²) >= 11 is 0. The molecule has 1 nitrogen and oxygen atoms in total. The average Bonchev–Trinajstić information content (AvgIpc) is 2.92. The Balaban J connectivity index is 0.000000274. The fourth-order valence-electron chi connectivity index (χ4n) is 3.84. The summed E-state index contributed by atoms with van der Waals surface area (Å²) in [6.45, 7) is 25.8. The van der Waals surface area contributed by atoms with Gasteiger partial charge in [0.1, 0.15) is 5.75 Å². The van der Waals surface area contributed by atoms with Crippen LogP contribution in [0.15, 0.2) is 91.0 Å². The average molecular weight is 553 g/mol. The van der Waals surface area contributed by atoms with Gasteiger partial charge < -0.3 is 5.11 Å². The molecule has 0 heterocycles. The Bertz CT molecular complexity index is 1120. The second-order valence-electron chi connectivity index (χ2n) is 12.4. The molecule has 0 bridgehead atoms. The number of aryl methyl sites for hydroxylation is 4. The smallest absolute Gasteiger partial charge is 0.118 e. The van der Waals surface area contributed by atoms with Gasteiger partial charge in [0.05, 0.1) is 0 Å². The van der Waals surface area contributed by atoms with Crippen LogP contribution in [-0.2, 0) is 0 Å². The van der Waals surface area contributed by atoms with E-state index in [9.17, 15) is 5.11 Å². The standard InChI is InChI=1S/C10H14O.3C10H14/c1-7(2)9-5-4-8(3)10(11)6-9;3*1-8(2)10-6-4-9(3)5-7-10/h4-7,11H,1-3H3;3*4-8H,1-3H3.